The first kappa shape index (κ1) is 9.24. The number of amides is 1. The molecule has 4 nitrogen and oxygen atoms in total. The van der Waals surface area contributed by atoms with Crippen LogP contribution in [-0.2, 0) is 18.4 Å². The lowest BCUT2D eigenvalue weighted by atomic mass is 9.85. The fourth-order valence-electron chi connectivity index (χ4n) is 1.55. The minimum Gasteiger partial charge on any atom is -0.350 e. The highest BCUT2D eigenvalue weighted by atomic mass is 16.1. The molecule has 0 spiro atoms. The normalized spacial score (nSPS) is 16.4. The smallest absolute Gasteiger partial charge is 0.223 e. The maximum Gasteiger partial charge on any atom is 0.223 e. The first-order chi connectivity index (χ1) is 6.75. The van der Waals surface area contributed by atoms with Gasteiger partial charge in [-0.1, -0.05) is 6.42 Å². The van der Waals surface area contributed by atoms with E-state index in [2.05, 4.69) is 10.4 Å². The van der Waals surface area contributed by atoms with Crippen molar-refractivity contribution < 1.29 is 4.79 Å². The highest BCUT2D eigenvalue weighted by molar-refractivity contribution is 5.79. The third kappa shape index (κ3) is 1.95. The Labute approximate surface area is 83.3 Å². The fraction of sp³-hybridized carbons (Fsp3) is 0.600. The van der Waals surface area contributed by atoms with Gasteiger partial charge in [0, 0.05) is 19.2 Å². The van der Waals surface area contributed by atoms with Crippen molar-refractivity contribution in [3.05, 3.63) is 18.0 Å². The Kier molecular flexibility index (Phi) is 2.52. The molecule has 76 valence electrons. The van der Waals surface area contributed by atoms with Crippen LogP contribution in [0.2, 0.25) is 0 Å². The summed E-state index contributed by atoms with van der Waals surface area (Å²) in [6.07, 6.45) is 5.18. The van der Waals surface area contributed by atoms with E-state index in [0.29, 0.717) is 6.54 Å². The molecule has 0 aliphatic heterocycles. The summed E-state index contributed by atoms with van der Waals surface area (Å²) in [5, 5.41) is 7.09. The molecule has 14 heavy (non-hydrogen) atoms. The number of hydrogen-bond acceptors (Lipinski definition) is 2. The van der Waals surface area contributed by atoms with E-state index < -0.39 is 0 Å². The van der Waals surface area contributed by atoms with Gasteiger partial charge in [-0.3, -0.25) is 9.48 Å². The van der Waals surface area contributed by atoms with Crippen LogP contribution in [0.4, 0.5) is 0 Å². The second-order valence-corrected chi connectivity index (χ2v) is 3.83. The molecule has 1 amide bonds. The molecule has 1 fully saturated rings. The van der Waals surface area contributed by atoms with Gasteiger partial charge in [-0.15, -0.1) is 0 Å². The van der Waals surface area contributed by atoms with Gasteiger partial charge in [0.25, 0.3) is 0 Å². The number of aryl methyl sites for hydroxylation is 1. The molecule has 1 N–H and O–H groups in total. The van der Waals surface area contributed by atoms with E-state index in [1.54, 1.807) is 4.68 Å². The van der Waals surface area contributed by atoms with E-state index in [4.69, 9.17) is 0 Å². The van der Waals surface area contributed by atoms with Crippen molar-refractivity contribution in [2.75, 3.05) is 0 Å². The molecule has 1 aliphatic rings. The lowest BCUT2D eigenvalue weighted by molar-refractivity contribution is -0.127. The summed E-state index contributed by atoms with van der Waals surface area (Å²) < 4.78 is 1.74. The molecule has 1 saturated carbocycles. The largest absolute Gasteiger partial charge is 0.350 e. The Morgan fingerprint density at radius 1 is 1.71 bits per heavy atom. The predicted octanol–water partition coefficient (Wildman–Crippen LogP) is 0.836. The number of carbonyl (C=O) groups excluding carboxylic acids is 1. The molecule has 4 heteroatoms. The van der Waals surface area contributed by atoms with Gasteiger partial charge in [0.05, 0.1) is 12.2 Å². The first-order valence-electron chi connectivity index (χ1n) is 5.02. The number of aromatic nitrogens is 2. The summed E-state index contributed by atoms with van der Waals surface area (Å²) in [5.41, 5.74) is 0.917. The molecular weight excluding hydrogens is 178 g/mol. The van der Waals surface area contributed by atoms with Gasteiger partial charge in [-0.05, 0) is 18.9 Å². The standard InChI is InChI=1S/C10H15N3O/c1-13-6-5-9(12-13)7-11-10(14)8-3-2-4-8/h5-6,8H,2-4,7H2,1H3,(H,11,14). The van der Waals surface area contributed by atoms with Crippen LogP contribution in [0, 0.1) is 5.92 Å². The monoisotopic (exact) mass is 193 g/mol. The highest BCUT2D eigenvalue weighted by Gasteiger charge is 2.24. The maximum atomic E-state index is 11.5. The molecule has 1 aliphatic carbocycles. The van der Waals surface area contributed by atoms with Crippen molar-refractivity contribution in [3.63, 3.8) is 0 Å². The molecule has 0 atom stereocenters. The third-order valence-corrected chi connectivity index (χ3v) is 2.69. The van der Waals surface area contributed by atoms with Crippen molar-refractivity contribution in [2.45, 2.75) is 25.8 Å². The molecule has 1 aromatic heterocycles. The van der Waals surface area contributed by atoms with E-state index in [1.165, 1.54) is 6.42 Å². The van der Waals surface area contributed by atoms with Crippen molar-refractivity contribution in [2.24, 2.45) is 13.0 Å². The van der Waals surface area contributed by atoms with Gasteiger partial charge in [0.1, 0.15) is 0 Å². The number of rotatable bonds is 3. The molecule has 1 aromatic rings. The van der Waals surface area contributed by atoms with E-state index in [9.17, 15) is 4.79 Å². The molecule has 0 bridgehead atoms. The summed E-state index contributed by atoms with van der Waals surface area (Å²) in [7, 11) is 1.87. The molecule has 0 aromatic carbocycles. The Morgan fingerprint density at radius 3 is 3.00 bits per heavy atom. The molecule has 0 unspecified atom stereocenters. The second kappa shape index (κ2) is 3.82. The molecule has 0 radical (unpaired) electrons. The summed E-state index contributed by atoms with van der Waals surface area (Å²) in [5.74, 6) is 0.445. The van der Waals surface area contributed by atoms with Gasteiger partial charge >= 0.3 is 0 Å². The van der Waals surface area contributed by atoms with Gasteiger partial charge in [0.15, 0.2) is 0 Å². The number of nitrogens with one attached hydrogen (secondary N) is 1. The van der Waals surface area contributed by atoms with Gasteiger partial charge in [-0.2, -0.15) is 5.10 Å². The molecule has 2 rings (SSSR count). The zero-order valence-corrected chi connectivity index (χ0v) is 8.36. The zero-order valence-electron chi connectivity index (χ0n) is 8.36. The van der Waals surface area contributed by atoms with Crippen LogP contribution in [0.5, 0.6) is 0 Å². The molecule has 0 saturated heterocycles. The van der Waals surface area contributed by atoms with Gasteiger partial charge < -0.3 is 5.32 Å². The van der Waals surface area contributed by atoms with Crippen molar-refractivity contribution in [3.8, 4) is 0 Å². The summed E-state index contributed by atoms with van der Waals surface area (Å²) in [6.45, 7) is 0.552. The Morgan fingerprint density at radius 2 is 2.50 bits per heavy atom. The fourth-order valence-corrected chi connectivity index (χ4v) is 1.55. The average molecular weight is 193 g/mol. The minimum atomic E-state index is 0.182. The second-order valence-electron chi connectivity index (χ2n) is 3.83. The maximum absolute atomic E-state index is 11.5. The number of nitrogens with zero attached hydrogens (tertiary/aromatic N) is 2. The van der Waals surface area contributed by atoms with Crippen LogP contribution >= 0.6 is 0 Å². The molecule has 1 heterocycles. The van der Waals surface area contributed by atoms with Gasteiger partial charge in [-0.25, -0.2) is 0 Å². The van der Waals surface area contributed by atoms with E-state index >= 15 is 0 Å². The number of hydrogen-bond donors (Lipinski definition) is 1. The third-order valence-electron chi connectivity index (χ3n) is 2.69. The van der Waals surface area contributed by atoms with Crippen LogP contribution in [0.1, 0.15) is 25.0 Å². The zero-order chi connectivity index (χ0) is 9.97. The molecular formula is C10H15N3O. The quantitative estimate of drug-likeness (QED) is 0.773. The summed E-state index contributed by atoms with van der Waals surface area (Å²) in [6, 6.07) is 1.92. The minimum absolute atomic E-state index is 0.182. The van der Waals surface area contributed by atoms with E-state index in [0.717, 1.165) is 18.5 Å². The Hall–Kier alpha value is -1.32. The van der Waals surface area contributed by atoms with Crippen LogP contribution in [0.25, 0.3) is 0 Å². The Balaban J connectivity index is 1.79. The number of carbonyl (C=O) groups is 1. The SMILES string of the molecule is Cn1ccc(CNC(=O)C2CCC2)n1. The van der Waals surface area contributed by atoms with E-state index in [-0.39, 0.29) is 11.8 Å². The first-order valence-corrected chi connectivity index (χ1v) is 5.02. The topological polar surface area (TPSA) is 46.9 Å². The van der Waals surface area contributed by atoms with Crippen molar-refractivity contribution in [1.29, 1.82) is 0 Å². The average Bonchev–Trinajstić information content (AvgIpc) is 2.45. The van der Waals surface area contributed by atoms with E-state index in [1.807, 2.05) is 19.3 Å². The van der Waals surface area contributed by atoms with Crippen LogP contribution < -0.4 is 5.32 Å². The summed E-state index contributed by atoms with van der Waals surface area (Å²) in [4.78, 5) is 11.5. The van der Waals surface area contributed by atoms with Gasteiger partial charge in [0.2, 0.25) is 5.91 Å². The van der Waals surface area contributed by atoms with Crippen molar-refractivity contribution in [1.82, 2.24) is 15.1 Å². The van der Waals surface area contributed by atoms with Crippen LogP contribution in [0.15, 0.2) is 12.3 Å². The lowest BCUT2D eigenvalue weighted by Crippen LogP contribution is -2.34. The van der Waals surface area contributed by atoms with Crippen LogP contribution in [0.3, 0.4) is 0 Å². The van der Waals surface area contributed by atoms with Crippen LogP contribution in [-0.4, -0.2) is 15.7 Å². The highest BCUT2D eigenvalue weighted by Crippen LogP contribution is 2.26. The van der Waals surface area contributed by atoms with Crippen molar-refractivity contribution >= 4 is 5.91 Å². The summed E-state index contributed by atoms with van der Waals surface area (Å²) >= 11 is 0. The lowest BCUT2D eigenvalue weighted by Gasteiger charge is -2.23. The predicted molar refractivity (Wildman–Crippen MR) is 52.4 cm³/mol. The Bertz CT molecular complexity index is 328.